The van der Waals surface area contributed by atoms with Crippen LogP contribution in [0.3, 0.4) is 0 Å². The molecule has 3 rings (SSSR count). The maximum atomic E-state index is 12.1. The number of rotatable bonds is 6. The lowest BCUT2D eigenvalue weighted by Crippen LogP contribution is -2.40. The summed E-state index contributed by atoms with van der Waals surface area (Å²) in [5.41, 5.74) is 8.06. The van der Waals surface area contributed by atoms with Crippen LogP contribution >= 0.6 is 35.3 Å². The van der Waals surface area contributed by atoms with Gasteiger partial charge >= 0.3 is 0 Å². The van der Waals surface area contributed by atoms with E-state index in [0.717, 1.165) is 36.5 Å². The van der Waals surface area contributed by atoms with Crippen LogP contribution in [-0.2, 0) is 16.0 Å². The van der Waals surface area contributed by atoms with Crippen molar-refractivity contribution in [3.05, 3.63) is 52.2 Å². The summed E-state index contributed by atoms with van der Waals surface area (Å²) in [4.78, 5) is 19.4. The number of amides is 1. The highest BCUT2D eigenvalue weighted by Gasteiger charge is 2.15. The summed E-state index contributed by atoms with van der Waals surface area (Å²) in [6.07, 6.45) is 2.34. The number of thiophene rings is 1. The average molecular weight is 485 g/mol. The summed E-state index contributed by atoms with van der Waals surface area (Å²) in [6, 6.07) is 12.0. The molecule has 1 aliphatic heterocycles. The zero-order valence-corrected chi connectivity index (χ0v) is 17.7. The fourth-order valence-electron chi connectivity index (χ4n) is 2.77. The van der Waals surface area contributed by atoms with Gasteiger partial charge in [0.2, 0.25) is 5.91 Å². The molecule has 1 saturated heterocycles. The summed E-state index contributed by atoms with van der Waals surface area (Å²) in [5.74, 6) is 0.770. The number of nitrogens with two attached hydrogens (primary N) is 1. The van der Waals surface area contributed by atoms with E-state index >= 15 is 0 Å². The molecule has 1 fully saturated rings. The van der Waals surface area contributed by atoms with Gasteiger partial charge in [0.1, 0.15) is 5.84 Å². The van der Waals surface area contributed by atoms with Gasteiger partial charge in [-0.1, -0.05) is 18.2 Å². The van der Waals surface area contributed by atoms with Gasteiger partial charge in [0.15, 0.2) is 0 Å². The Morgan fingerprint density at radius 3 is 2.58 bits per heavy atom. The fraction of sp³-hybridized carbons (Fsp3) is 0.368. The van der Waals surface area contributed by atoms with Crippen molar-refractivity contribution in [1.29, 1.82) is 0 Å². The predicted molar refractivity (Wildman–Crippen MR) is 117 cm³/mol. The summed E-state index contributed by atoms with van der Waals surface area (Å²) in [7, 11) is 0. The molecule has 2 N–H and O–H groups in total. The molecule has 1 aromatic carbocycles. The molecule has 140 valence electrons. The molecule has 0 bridgehead atoms. The second-order valence-corrected chi connectivity index (χ2v) is 6.94. The molecule has 2 heterocycles. The molecule has 0 aliphatic carbocycles. The SMILES string of the molecule is I.NC(=Nc1ccc(CCCC(=O)N2CCOCC2)cc1)c1cccs1. The van der Waals surface area contributed by atoms with Crippen molar-refractivity contribution < 1.29 is 9.53 Å². The van der Waals surface area contributed by atoms with E-state index in [1.807, 2.05) is 34.5 Å². The lowest BCUT2D eigenvalue weighted by Gasteiger charge is -2.26. The zero-order valence-electron chi connectivity index (χ0n) is 14.6. The maximum Gasteiger partial charge on any atom is 0.222 e. The van der Waals surface area contributed by atoms with Crippen LogP contribution in [0.4, 0.5) is 5.69 Å². The number of benzene rings is 1. The number of hydrogen-bond acceptors (Lipinski definition) is 4. The largest absolute Gasteiger partial charge is 0.383 e. The topological polar surface area (TPSA) is 67.9 Å². The molecular weight excluding hydrogens is 461 g/mol. The Morgan fingerprint density at radius 1 is 1.19 bits per heavy atom. The van der Waals surface area contributed by atoms with Crippen molar-refractivity contribution in [1.82, 2.24) is 4.90 Å². The minimum Gasteiger partial charge on any atom is -0.383 e. The molecule has 0 unspecified atom stereocenters. The molecule has 26 heavy (non-hydrogen) atoms. The third-order valence-electron chi connectivity index (χ3n) is 4.18. The molecule has 2 aromatic rings. The van der Waals surface area contributed by atoms with Gasteiger partial charge in [-0.15, -0.1) is 35.3 Å². The van der Waals surface area contributed by atoms with E-state index in [2.05, 4.69) is 17.1 Å². The first kappa shape index (κ1) is 20.9. The first-order valence-corrected chi connectivity index (χ1v) is 9.43. The van der Waals surface area contributed by atoms with Crippen molar-refractivity contribution in [3.8, 4) is 0 Å². The monoisotopic (exact) mass is 485 g/mol. The average Bonchev–Trinajstić information content (AvgIpc) is 3.19. The molecule has 0 atom stereocenters. The predicted octanol–water partition coefficient (Wildman–Crippen LogP) is 3.58. The van der Waals surface area contributed by atoms with Crippen LogP contribution in [0.5, 0.6) is 0 Å². The molecule has 1 amide bonds. The van der Waals surface area contributed by atoms with Crippen LogP contribution in [0, 0.1) is 0 Å². The molecule has 1 aromatic heterocycles. The first-order chi connectivity index (χ1) is 12.2. The second-order valence-electron chi connectivity index (χ2n) is 5.99. The number of carbonyl (C=O) groups excluding carboxylic acids is 1. The smallest absolute Gasteiger partial charge is 0.222 e. The number of hydrogen-bond donors (Lipinski definition) is 1. The molecule has 0 spiro atoms. The molecule has 0 radical (unpaired) electrons. The van der Waals surface area contributed by atoms with E-state index in [0.29, 0.717) is 25.5 Å². The number of carbonyl (C=O) groups is 1. The Kier molecular flexibility index (Phi) is 8.53. The Labute approximate surface area is 175 Å². The molecule has 0 saturated carbocycles. The Bertz CT molecular complexity index is 711. The van der Waals surface area contributed by atoms with Gasteiger partial charge in [-0.2, -0.15) is 0 Å². The highest BCUT2D eigenvalue weighted by molar-refractivity contribution is 14.0. The van der Waals surface area contributed by atoms with Crippen LogP contribution in [0.25, 0.3) is 0 Å². The van der Waals surface area contributed by atoms with Gasteiger partial charge in [0, 0.05) is 19.5 Å². The Hall–Kier alpha value is -1.45. The number of halogens is 1. The minimum absolute atomic E-state index is 0. The van der Waals surface area contributed by atoms with Crippen molar-refractivity contribution >= 4 is 52.7 Å². The Balaban J connectivity index is 0.00000243. The van der Waals surface area contributed by atoms with Crippen LogP contribution in [0.15, 0.2) is 46.8 Å². The molecular formula is C19H24IN3O2S. The van der Waals surface area contributed by atoms with Crippen molar-refractivity contribution in [2.24, 2.45) is 10.7 Å². The van der Waals surface area contributed by atoms with Crippen LogP contribution < -0.4 is 5.73 Å². The fourth-order valence-corrected chi connectivity index (χ4v) is 3.40. The summed E-state index contributed by atoms with van der Waals surface area (Å²) in [5, 5.41) is 1.99. The number of aliphatic imine (C=N–C) groups is 1. The maximum absolute atomic E-state index is 12.1. The van der Waals surface area contributed by atoms with Crippen molar-refractivity contribution in [2.45, 2.75) is 19.3 Å². The number of amidine groups is 1. The van der Waals surface area contributed by atoms with Gasteiger partial charge in [-0.05, 0) is 42.0 Å². The van der Waals surface area contributed by atoms with Crippen LogP contribution in [-0.4, -0.2) is 42.9 Å². The molecule has 7 heteroatoms. The third-order valence-corrected chi connectivity index (χ3v) is 5.07. The zero-order chi connectivity index (χ0) is 17.5. The van der Waals surface area contributed by atoms with Gasteiger partial charge in [-0.25, -0.2) is 4.99 Å². The van der Waals surface area contributed by atoms with Gasteiger partial charge < -0.3 is 15.4 Å². The normalized spacial score (nSPS) is 14.8. The van der Waals surface area contributed by atoms with Gasteiger partial charge in [-0.3, -0.25) is 4.79 Å². The van der Waals surface area contributed by atoms with Crippen LogP contribution in [0.1, 0.15) is 23.3 Å². The van der Waals surface area contributed by atoms with E-state index in [-0.39, 0.29) is 29.9 Å². The quantitative estimate of drug-likeness (QED) is 0.387. The second kappa shape index (κ2) is 10.6. The minimum atomic E-state index is 0. The third kappa shape index (κ3) is 6.07. The summed E-state index contributed by atoms with van der Waals surface area (Å²) in [6.45, 7) is 2.75. The lowest BCUT2D eigenvalue weighted by molar-refractivity contribution is -0.135. The van der Waals surface area contributed by atoms with E-state index < -0.39 is 0 Å². The Morgan fingerprint density at radius 2 is 1.92 bits per heavy atom. The van der Waals surface area contributed by atoms with Crippen molar-refractivity contribution in [2.75, 3.05) is 26.3 Å². The number of aryl methyl sites for hydroxylation is 1. The molecule has 1 aliphatic rings. The molecule has 5 nitrogen and oxygen atoms in total. The summed E-state index contributed by atoms with van der Waals surface area (Å²) < 4.78 is 5.27. The van der Waals surface area contributed by atoms with E-state index in [1.54, 1.807) is 11.3 Å². The highest BCUT2D eigenvalue weighted by Crippen LogP contribution is 2.17. The number of morpholine rings is 1. The highest BCUT2D eigenvalue weighted by atomic mass is 127. The van der Waals surface area contributed by atoms with E-state index in [4.69, 9.17) is 10.5 Å². The summed E-state index contributed by atoms with van der Waals surface area (Å²) >= 11 is 1.58. The number of ether oxygens (including phenoxy) is 1. The van der Waals surface area contributed by atoms with Gasteiger partial charge in [0.25, 0.3) is 0 Å². The lowest BCUT2D eigenvalue weighted by atomic mass is 10.1. The first-order valence-electron chi connectivity index (χ1n) is 8.55. The van der Waals surface area contributed by atoms with E-state index in [1.165, 1.54) is 5.56 Å². The van der Waals surface area contributed by atoms with Crippen molar-refractivity contribution in [3.63, 3.8) is 0 Å². The van der Waals surface area contributed by atoms with E-state index in [9.17, 15) is 4.79 Å². The number of nitrogens with zero attached hydrogens (tertiary/aromatic N) is 2. The van der Waals surface area contributed by atoms with Gasteiger partial charge in [0.05, 0.1) is 23.8 Å². The van der Waals surface area contributed by atoms with Crippen LogP contribution in [0.2, 0.25) is 0 Å². The standard InChI is InChI=1S/C19H23N3O2S.HI/c20-19(17-4-2-14-25-17)21-16-8-6-15(7-9-16)3-1-5-18(23)22-10-12-24-13-11-22;/h2,4,6-9,14H,1,3,5,10-13H2,(H2,20,21);1H.